The van der Waals surface area contributed by atoms with Gasteiger partial charge in [0.15, 0.2) is 0 Å². The number of fused-ring (bicyclic) bond motifs is 1. The summed E-state index contributed by atoms with van der Waals surface area (Å²) in [6.45, 7) is 4.03. The normalized spacial score (nSPS) is 18.0. The largest absolute Gasteiger partial charge is 0.506 e. The number of hydrogen-bond donors (Lipinski definition) is 2. The standard InChI is InChI=1S/C10H13NO2/c1-10(2)5-6-3-8(12)7(11)4-9(6)13-10/h3-4,12H,5,11H2,1-2H3. The number of nitrogens with two attached hydrogens (primary N) is 1. The molecule has 0 fully saturated rings. The van der Waals surface area contributed by atoms with Gasteiger partial charge in [0.25, 0.3) is 0 Å². The molecule has 3 N–H and O–H groups in total. The average Bonchev–Trinajstić information content (AvgIpc) is 2.24. The van der Waals surface area contributed by atoms with Crippen LogP contribution in [0.4, 0.5) is 5.69 Å². The van der Waals surface area contributed by atoms with Gasteiger partial charge in [-0.2, -0.15) is 0 Å². The first-order valence-corrected chi connectivity index (χ1v) is 4.28. The third-order valence-corrected chi connectivity index (χ3v) is 2.21. The van der Waals surface area contributed by atoms with E-state index in [-0.39, 0.29) is 11.4 Å². The molecule has 13 heavy (non-hydrogen) atoms. The van der Waals surface area contributed by atoms with Gasteiger partial charge < -0.3 is 15.6 Å². The number of rotatable bonds is 0. The summed E-state index contributed by atoms with van der Waals surface area (Å²) in [5.41, 5.74) is 6.77. The molecule has 0 bridgehead atoms. The molecule has 1 aliphatic rings. The number of ether oxygens (including phenoxy) is 1. The molecule has 0 unspecified atom stereocenters. The van der Waals surface area contributed by atoms with E-state index in [2.05, 4.69) is 0 Å². The van der Waals surface area contributed by atoms with Crippen LogP contribution in [0.2, 0.25) is 0 Å². The highest BCUT2D eigenvalue weighted by Crippen LogP contribution is 2.39. The highest BCUT2D eigenvalue weighted by Gasteiger charge is 2.30. The fourth-order valence-corrected chi connectivity index (χ4v) is 1.65. The summed E-state index contributed by atoms with van der Waals surface area (Å²) in [6, 6.07) is 3.36. The maximum atomic E-state index is 9.37. The zero-order valence-corrected chi connectivity index (χ0v) is 7.79. The van der Waals surface area contributed by atoms with Crippen molar-refractivity contribution in [3.8, 4) is 11.5 Å². The fourth-order valence-electron chi connectivity index (χ4n) is 1.65. The summed E-state index contributed by atoms with van der Waals surface area (Å²) < 4.78 is 5.64. The van der Waals surface area contributed by atoms with Crippen molar-refractivity contribution >= 4 is 5.69 Å². The van der Waals surface area contributed by atoms with Crippen molar-refractivity contribution in [3.05, 3.63) is 17.7 Å². The van der Waals surface area contributed by atoms with E-state index < -0.39 is 0 Å². The van der Waals surface area contributed by atoms with E-state index in [0.29, 0.717) is 5.69 Å². The zero-order valence-electron chi connectivity index (χ0n) is 7.79. The van der Waals surface area contributed by atoms with Crippen molar-refractivity contribution in [1.82, 2.24) is 0 Å². The van der Waals surface area contributed by atoms with Crippen LogP contribution in [0.3, 0.4) is 0 Å². The second-order valence-electron chi connectivity index (χ2n) is 4.06. The van der Waals surface area contributed by atoms with Gasteiger partial charge in [0, 0.05) is 18.1 Å². The second kappa shape index (κ2) is 2.31. The van der Waals surface area contributed by atoms with Crippen molar-refractivity contribution in [2.45, 2.75) is 25.9 Å². The van der Waals surface area contributed by atoms with Crippen LogP contribution in [-0.2, 0) is 6.42 Å². The van der Waals surface area contributed by atoms with Gasteiger partial charge in [-0.15, -0.1) is 0 Å². The molecule has 3 heteroatoms. The average molecular weight is 179 g/mol. The first-order chi connectivity index (χ1) is 5.98. The molecule has 1 heterocycles. The molecule has 0 saturated heterocycles. The summed E-state index contributed by atoms with van der Waals surface area (Å²) in [7, 11) is 0. The third-order valence-electron chi connectivity index (χ3n) is 2.21. The van der Waals surface area contributed by atoms with Crippen LogP contribution in [0.15, 0.2) is 12.1 Å². The molecule has 0 spiro atoms. The van der Waals surface area contributed by atoms with Gasteiger partial charge in [-0.1, -0.05) is 0 Å². The van der Waals surface area contributed by atoms with E-state index in [9.17, 15) is 5.11 Å². The molecule has 70 valence electrons. The number of hydrogen-bond acceptors (Lipinski definition) is 3. The predicted octanol–water partition coefficient (Wildman–Crippen LogP) is 1.69. The Kier molecular flexibility index (Phi) is 1.46. The van der Waals surface area contributed by atoms with Crippen LogP contribution in [0.25, 0.3) is 0 Å². The minimum absolute atomic E-state index is 0.139. The zero-order chi connectivity index (χ0) is 9.64. The predicted molar refractivity (Wildman–Crippen MR) is 50.9 cm³/mol. The molecule has 2 rings (SSSR count). The minimum Gasteiger partial charge on any atom is -0.506 e. The molecule has 0 radical (unpaired) electrons. The Morgan fingerprint density at radius 1 is 1.46 bits per heavy atom. The SMILES string of the molecule is CC1(C)Cc2cc(O)c(N)cc2O1. The van der Waals surface area contributed by atoms with Crippen molar-refractivity contribution in [3.63, 3.8) is 0 Å². The molecule has 3 nitrogen and oxygen atoms in total. The Labute approximate surface area is 77.1 Å². The number of aromatic hydroxyl groups is 1. The van der Waals surface area contributed by atoms with E-state index in [1.54, 1.807) is 12.1 Å². The van der Waals surface area contributed by atoms with Gasteiger partial charge in [-0.25, -0.2) is 0 Å². The van der Waals surface area contributed by atoms with Crippen molar-refractivity contribution in [2.24, 2.45) is 0 Å². The number of benzene rings is 1. The molecule has 0 aliphatic carbocycles. The maximum Gasteiger partial charge on any atom is 0.139 e. The number of phenolic OH excluding ortho intramolecular Hbond substituents is 1. The number of phenols is 1. The first kappa shape index (κ1) is 8.23. The Balaban J connectivity index is 2.48. The lowest BCUT2D eigenvalue weighted by Crippen LogP contribution is -2.24. The van der Waals surface area contributed by atoms with Crippen molar-refractivity contribution in [2.75, 3.05) is 5.73 Å². The highest BCUT2D eigenvalue weighted by atomic mass is 16.5. The summed E-state index contributed by atoms with van der Waals surface area (Å²) >= 11 is 0. The maximum absolute atomic E-state index is 9.37. The van der Waals surface area contributed by atoms with Gasteiger partial charge in [-0.05, 0) is 19.9 Å². The van der Waals surface area contributed by atoms with Crippen molar-refractivity contribution in [1.29, 1.82) is 0 Å². The first-order valence-electron chi connectivity index (χ1n) is 4.28. The molecule has 1 aromatic carbocycles. The number of nitrogen functional groups attached to an aromatic ring is 1. The van der Waals surface area contributed by atoms with Crippen LogP contribution in [-0.4, -0.2) is 10.7 Å². The molecule has 1 aromatic rings. The molecular formula is C10H13NO2. The summed E-state index contributed by atoms with van der Waals surface area (Å²) in [5.74, 6) is 0.931. The lowest BCUT2D eigenvalue weighted by Gasteiger charge is -2.16. The lowest BCUT2D eigenvalue weighted by molar-refractivity contribution is 0.138. The van der Waals surface area contributed by atoms with Crippen molar-refractivity contribution < 1.29 is 9.84 Å². The minimum atomic E-state index is -0.178. The lowest BCUT2D eigenvalue weighted by atomic mass is 10.0. The van der Waals surface area contributed by atoms with Crippen LogP contribution in [0, 0.1) is 0 Å². The topological polar surface area (TPSA) is 55.5 Å². The van der Waals surface area contributed by atoms with E-state index in [4.69, 9.17) is 10.5 Å². The molecule has 0 atom stereocenters. The van der Waals surface area contributed by atoms with E-state index in [1.165, 1.54) is 0 Å². The molecule has 1 aliphatic heterocycles. The van der Waals surface area contributed by atoms with Crippen LogP contribution in [0.1, 0.15) is 19.4 Å². The third kappa shape index (κ3) is 1.30. The molecular weight excluding hydrogens is 166 g/mol. The smallest absolute Gasteiger partial charge is 0.139 e. The monoisotopic (exact) mass is 179 g/mol. The van der Waals surface area contributed by atoms with Gasteiger partial charge in [0.05, 0.1) is 5.69 Å². The van der Waals surface area contributed by atoms with Crippen LogP contribution < -0.4 is 10.5 Å². The van der Waals surface area contributed by atoms with Gasteiger partial charge in [0.1, 0.15) is 17.1 Å². The number of anilines is 1. The van der Waals surface area contributed by atoms with E-state index in [0.717, 1.165) is 17.7 Å². The summed E-state index contributed by atoms with van der Waals surface area (Å²) in [5, 5.41) is 9.37. The Morgan fingerprint density at radius 3 is 2.85 bits per heavy atom. The van der Waals surface area contributed by atoms with Crippen LogP contribution in [0.5, 0.6) is 11.5 Å². The van der Waals surface area contributed by atoms with Gasteiger partial charge >= 0.3 is 0 Å². The highest BCUT2D eigenvalue weighted by molar-refractivity contribution is 5.60. The van der Waals surface area contributed by atoms with Crippen LogP contribution >= 0.6 is 0 Å². The summed E-state index contributed by atoms with van der Waals surface area (Å²) in [4.78, 5) is 0. The van der Waals surface area contributed by atoms with Gasteiger partial charge in [0.2, 0.25) is 0 Å². The Bertz CT molecular complexity index is 325. The molecule has 0 amide bonds. The van der Waals surface area contributed by atoms with Gasteiger partial charge in [-0.3, -0.25) is 0 Å². The second-order valence-corrected chi connectivity index (χ2v) is 4.06. The molecule has 0 saturated carbocycles. The Morgan fingerprint density at radius 2 is 2.15 bits per heavy atom. The summed E-state index contributed by atoms with van der Waals surface area (Å²) in [6.07, 6.45) is 0.816. The van der Waals surface area contributed by atoms with E-state index >= 15 is 0 Å². The quantitative estimate of drug-likeness (QED) is 0.470. The molecule has 0 aromatic heterocycles. The van der Waals surface area contributed by atoms with E-state index in [1.807, 2.05) is 13.8 Å². The fraction of sp³-hybridized carbons (Fsp3) is 0.400. The Hall–Kier alpha value is -1.38.